The Bertz CT molecular complexity index is 791. The van der Waals surface area contributed by atoms with Gasteiger partial charge >= 0.3 is 0 Å². The van der Waals surface area contributed by atoms with E-state index in [1.165, 1.54) is 0 Å². The predicted molar refractivity (Wildman–Crippen MR) is 81.9 cm³/mol. The first-order chi connectivity index (χ1) is 10.4. The van der Waals surface area contributed by atoms with E-state index in [1.54, 1.807) is 24.5 Å². The molecule has 7 nitrogen and oxygen atoms in total. The zero-order valence-corrected chi connectivity index (χ0v) is 12.0. The smallest absolute Gasteiger partial charge is 0.258 e. The summed E-state index contributed by atoms with van der Waals surface area (Å²) >= 11 is 0. The van der Waals surface area contributed by atoms with Crippen LogP contribution in [0.4, 0.5) is 0 Å². The Balaban J connectivity index is 1.96. The Kier molecular flexibility index (Phi) is 3.45. The van der Waals surface area contributed by atoms with Crippen LogP contribution in [0.2, 0.25) is 0 Å². The second-order valence-corrected chi connectivity index (χ2v) is 5.12. The number of rotatable bonds is 3. The van der Waals surface area contributed by atoms with Crippen molar-refractivity contribution in [3.63, 3.8) is 0 Å². The summed E-state index contributed by atoms with van der Waals surface area (Å²) in [5.41, 5.74) is 20.3. The molecule has 0 aliphatic carbocycles. The van der Waals surface area contributed by atoms with Gasteiger partial charge in [0.1, 0.15) is 5.79 Å². The lowest BCUT2D eigenvalue weighted by Crippen LogP contribution is -2.54. The monoisotopic (exact) mass is 296 g/mol. The van der Waals surface area contributed by atoms with E-state index in [0.29, 0.717) is 17.3 Å². The zero-order chi connectivity index (χ0) is 15.7. The van der Waals surface area contributed by atoms with E-state index in [1.807, 2.05) is 25.1 Å². The Hall–Kier alpha value is -2.61. The summed E-state index contributed by atoms with van der Waals surface area (Å²) < 4.78 is 5.31. The van der Waals surface area contributed by atoms with E-state index in [9.17, 15) is 0 Å². The van der Waals surface area contributed by atoms with Crippen molar-refractivity contribution < 1.29 is 4.52 Å². The van der Waals surface area contributed by atoms with Crippen LogP contribution < -0.4 is 17.2 Å². The summed E-state index contributed by atoms with van der Waals surface area (Å²) in [5, 5.41) is 3.98. The first-order valence-corrected chi connectivity index (χ1v) is 6.67. The van der Waals surface area contributed by atoms with E-state index < -0.39 is 5.79 Å². The number of pyridine rings is 1. The Morgan fingerprint density at radius 2 is 1.73 bits per heavy atom. The van der Waals surface area contributed by atoms with Crippen LogP contribution in [0.1, 0.15) is 11.1 Å². The van der Waals surface area contributed by atoms with Gasteiger partial charge in [0.2, 0.25) is 5.82 Å². The normalized spacial score (nSPS) is 11.6. The third-order valence-corrected chi connectivity index (χ3v) is 3.30. The molecule has 22 heavy (non-hydrogen) atoms. The highest BCUT2D eigenvalue weighted by Gasteiger charge is 2.19. The first-order valence-electron chi connectivity index (χ1n) is 6.67. The molecule has 0 saturated heterocycles. The second kappa shape index (κ2) is 5.30. The molecule has 0 amide bonds. The lowest BCUT2D eigenvalue weighted by Gasteiger charge is -2.21. The van der Waals surface area contributed by atoms with E-state index in [0.717, 1.165) is 16.7 Å². The van der Waals surface area contributed by atoms with Crippen LogP contribution in [0, 0.1) is 6.92 Å². The largest absolute Gasteiger partial charge is 0.334 e. The molecule has 0 aliphatic heterocycles. The molecule has 6 N–H and O–H groups in total. The average Bonchev–Trinajstić information content (AvgIpc) is 2.96. The molecule has 0 atom stereocenters. The van der Waals surface area contributed by atoms with Gasteiger partial charge in [-0.1, -0.05) is 11.2 Å². The molecule has 3 aromatic rings. The van der Waals surface area contributed by atoms with Crippen molar-refractivity contribution in [2.75, 3.05) is 0 Å². The average molecular weight is 296 g/mol. The maximum Gasteiger partial charge on any atom is 0.258 e. The van der Waals surface area contributed by atoms with Crippen molar-refractivity contribution in [2.24, 2.45) is 17.2 Å². The molecule has 7 heteroatoms. The molecule has 0 unspecified atom stereocenters. The fraction of sp³-hybridized carbons (Fsp3) is 0.133. The SMILES string of the molecule is Cc1cc(-c2nc(-c3ccncc3)no2)ccc1C(N)(N)N. The zero-order valence-electron chi connectivity index (χ0n) is 12.0. The number of hydrogen-bond acceptors (Lipinski definition) is 7. The molecule has 0 spiro atoms. The quantitative estimate of drug-likeness (QED) is 0.617. The highest BCUT2D eigenvalue weighted by molar-refractivity contribution is 5.60. The minimum atomic E-state index is -1.38. The van der Waals surface area contributed by atoms with Crippen LogP contribution >= 0.6 is 0 Å². The molecule has 2 heterocycles. The maximum atomic E-state index is 5.72. The van der Waals surface area contributed by atoms with Crippen LogP contribution in [0.25, 0.3) is 22.8 Å². The van der Waals surface area contributed by atoms with Crippen LogP contribution in [-0.2, 0) is 5.79 Å². The van der Waals surface area contributed by atoms with E-state index >= 15 is 0 Å². The third kappa shape index (κ3) is 2.73. The van der Waals surface area contributed by atoms with Gasteiger partial charge in [-0.05, 0) is 36.8 Å². The molecular weight excluding hydrogens is 280 g/mol. The Morgan fingerprint density at radius 3 is 2.36 bits per heavy atom. The molecule has 1 aromatic carbocycles. The summed E-state index contributed by atoms with van der Waals surface area (Å²) in [4.78, 5) is 8.34. The Labute approximate surface area is 127 Å². The van der Waals surface area contributed by atoms with Gasteiger partial charge in [-0.25, -0.2) is 0 Å². The van der Waals surface area contributed by atoms with Crippen molar-refractivity contribution in [3.05, 3.63) is 53.9 Å². The number of aryl methyl sites for hydroxylation is 1. The van der Waals surface area contributed by atoms with Crippen molar-refractivity contribution in [1.82, 2.24) is 15.1 Å². The van der Waals surface area contributed by atoms with Crippen LogP contribution in [0.3, 0.4) is 0 Å². The molecule has 2 aromatic heterocycles. The van der Waals surface area contributed by atoms with Gasteiger partial charge in [-0.3, -0.25) is 22.2 Å². The minimum Gasteiger partial charge on any atom is -0.334 e. The van der Waals surface area contributed by atoms with E-state index in [2.05, 4.69) is 15.1 Å². The minimum absolute atomic E-state index is 0.415. The maximum absolute atomic E-state index is 5.72. The number of nitrogens with two attached hydrogens (primary N) is 3. The molecule has 112 valence electrons. The molecule has 0 saturated carbocycles. The van der Waals surface area contributed by atoms with Gasteiger partial charge in [0.05, 0.1) is 0 Å². The van der Waals surface area contributed by atoms with Gasteiger partial charge in [-0.2, -0.15) is 4.98 Å². The van der Waals surface area contributed by atoms with Gasteiger partial charge < -0.3 is 4.52 Å². The molecule has 0 radical (unpaired) electrons. The van der Waals surface area contributed by atoms with Gasteiger partial charge in [0, 0.05) is 29.1 Å². The van der Waals surface area contributed by atoms with Crippen LogP contribution in [0.15, 0.2) is 47.2 Å². The lowest BCUT2D eigenvalue weighted by molar-refractivity contribution is 0.432. The molecule has 0 aliphatic rings. The number of benzene rings is 1. The summed E-state index contributed by atoms with van der Waals surface area (Å²) in [5.74, 6) is -0.456. The number of nitrogens with zero attached hydrogens (tertiary/aromatic N) is 3. The molecule has 0 bridgehead atoms. The summed E-state index contributed by atoms with van der Waals surface area (Å²) in [6, 6.07) is 9.05. The van der Waals surface area contributed by atoms with E-state index in [-0.39, 0.29) is 0 Å². The predicted octanol–water partition coefficient (Wildman–Crippen LogP) is 1.09. The lowest BCUT2D eigenvalue weighted by atomic mass is 10.0. The number of hydrogen-bond donors (Lipinski definition) is 3. The highest BCUT2D eigenvalue weighted by atomic mass is 16.5. The number of aromatic nitrogens is 3. The van der Waals surface area contributed by atoms with Crippen molar-refractivity contribution >= 4 is 0 Å². The molecule has 3 rings (SSSR count). The van der Waals surface area contributed by atoms with E-state index in [4.69, 9.17) is 21.7 Å². The summed E-state index contributed by atoms with van der Waals surface area (Å²) in [7, 11) is 0. The molecular formula is C15H16N6O. The topological polar surface area (TPSA) is 130 Å². The van der Waals surface area contributed by atoms with Gasteiger partial charge in [0.25, 0.3) is 5.89 Å². The van der Waals surface area contributed by atoms with Crippen LogP contribution in [-0.4, -0.2) is 15.1 Å². The fourth-order valence-corrected chi connectivity index (χ4v) is 2.24. The standard InChI is InChI=1S/C15H16N6O/c1-9-8-11(2-3-12(9)15(16,17)18)14-20-13(21-22-14)10-4-6-19-7-5-10/h2-8H,16-18H2,1H3. The molecule has 0 fully saturated rings. The first kappa shape index (κ1) is 14.3. The second-order valence-electron chi connectivity index (χ2n) is 5.12. The van der Waals surface area contributed by atoms with Gasteiger partial charge in [0.15, 0.2) is 0 Å². The van der Waals surface area contributed by atoms with Crippen molar-refractivity contribution in [1.29, 1.82) is 0 Å². The summed E-state index contributed by atoms with van der Waals surface area (Å²) in [6.45, 7) is 1.88. The highest BCUT2D eigenvalue weighted by Crippen LogP contribution is 2.25. The van der Waals surface area contributed by atoms with Crippen LogP contribution in [0.5, 0.6) is 0 Å². The Morgan fingerprint density at radius 1 is 1.00 bits per heavy atom. The third-order valence-electron chi connectivity index (χ3n) is 3.30. The van der Waals surface area contributed by atoms with Gasteiger partial charge in [-0.15, -0.1) is 0 Å². The van der Waals surface area contributed by atoms with Crippen molar-refractivity contribution in [2.45, 2.75) is 12.7 Å². The summed E-state index contributed by atoms with van der Waals surface area (Å²) in [6.07, 6.45) is 3.35. The fourth-order valence-electron chi connectivity index (χ4n) is 2.24. The van der Waals surface area contributed by atoms with Crippen molar-refractivity contribution in [3.8, 4) is 22.8 Å².